The van der Waals surface area contributed by atoms with Crippen molar-refractivity contribution in [2.24, 2.45) is 0 Å². The van der Waals surface area contributed by atoms with Crippen LogP contribution in [0.2, 0.25) is 0 Å². The number of halogens is 3. The Morgan fingerprint density at radius 1 is 1.14 bits per heavy atom. The molecule has 4 aromatic rings. The highest BCUT2D eigenvalue weighted by molar-refractivity contribution is 6.07. The first-order chi connectivity index (χ1) is 16.7. The first-order valence-electron chi connectivity index (χ1n) is 11.1. The first-order valence-corrected chi connectivity index (χ1v) is 11.1. The fourth-order valence-corrected chi connectivity index (χ4v) is 4.56. The third-order valence-corrected chi connectivity index (χ3v) is 6.23. The van der Waals surface area contributed by atoms with E-state index in [1.165, 1.54) is 29.2 Å². The molecule has 1 atom stereocenters. The molecule has 5 rings (SSSR count). The van der Waals surface area contributed by atoms with E-state index >= 15 is 0 Å². The molecule has 180 valence electrons. The summed E-state index contributed by atoms with van der Waals surface area (Å²) < 4.78 is 41.3. The molecule has 0 bridgehead atoms. The van der Waals surface area contributed by atoms with Crippen molar-refractivity contribution >= 4 is 16.9 Å². The minimum absolute atomic E-state index is 0.0496. The summed E-state index contributed by atoms with van der Waals surface area (Å²) in [6, 6.07) is 12.6. The Kier molecular flexibility index (Phi) is 5.68. The van der Waals surface area contributed by atoms with Gasteiger partial charge in [-0.25, -0.2) is 4.98 Å². The molecule has 0 radical (unpaired) electrons. The van der Waals surface area contributed by atoms with Crippen molar-refractivity contribution in [3.63, 3.8) is 0 Å². The summed E-state index contributed by atoms with van der Waals surface area (Å²) in [6.45, 7) is 2.64. The van der Waals surface area contributed by atoms with Crippen molar-refractivity contribution in [1.29, 1.82) is 0 Å². The maximum atomic E-state index is 14.0. The zero-order valence-corrected chi connectivity index (χ0v) is 18.7. The maximum absolute atomic E-state index is 14.0. The van der Waals surface area contributed by atoms with Gasteiger partial charge in [-0.05, 0) is 48.9 Å². The number of aryl methyl sites for hydroxylation is 1. The highest BCUT2D eigenvalue weighted by Gasteiger charge is 2.38. The third kappa shape index (κ3) is 4.21. The number of phenols is 1. The SMILES string of the molecule is Cc1n[nH]c2nc(-c3ccc(O)cc3)cc(C(=O)N3CCNCC3c3ccccc3C(F)(F)F)c12. The molecule has 1 aliphatic heterocycles. The minimum atomic E-state index is -4.54. The molecule has 2 aromatic carbocycles. The van der Waals surface area contributed by atoms with E-state index in [-0.39, 0.29) is 24.4 Å². The number of benzene rings is 2. The monoisotopic (exact) mass is 481 g/mol. The molecule has 2 aromatic heterocycles. The van der Waals surface area contributed by atoms with E-state index in [0.717, 1.165) is 6.07 Å². The Balaban J connectivity index is 1.62. The number of aromatic nitrogens is 3. The number of fused-ring (bicyclic) bond motifs is 1. The van der Waals surface area contributed by atoms with Crippen molar-refractivity contribution in [2.45, 2.75) is 19.1 Å². The van der Waals surface area contributed by atoms with Gasteiger partial charge in [-0.3, -0.25) is 9.89 Å². The molecular weight excluding hydrogens is 459 g/mol. The highest BCUT2D eigenvalue weighted by atomic mass is 19.4. The van der Waals surface area contributed by atoms with Gasteiger partial charge >= 0.3 is 6.18 Å². The number of nitrogens with one attached hydrogen (secondary N) is 2. The van der Waals surface area contributed by atoms with E-state index < -0.39 is 23.7 Å². The third-order valence-electron chi connectivity index (χ3n) is 6.23. The quantitative estimate of drug-likeness (QED) is 0.402. The zero-order valence-electron chi connectivity index (χ0n) is 18.7. The molecule has 0 spiro atoms. The second-order valence-corrected chi connectivity index (χ2v) is 8.44. The van der Waals surface area contributed by atoms with Gasteiger partial charge in [-0.2, -0.15) is 18.3 Å². The Morgan fingerprint density at radius 3 is 2.63 bits per heavy atom. The summed E-state index contributed by atoms with van der Waals surface area (Å²) in [5.41, 5.74) is 1.72. The maximum Gasteiger partial charge on any atom is 0.416 e. The van der Waals surface area contributed by atoms with Gasteiger partial charge in [0.1, 0.15) is 5.75 Å². The number of aromatic hydroxyl groups is 1. The number of hydrogen-bond donors (Lipinski definition) is 3. The number of phenolic OH excluding ortho intramolecular Hbond substituents is 1. The molecular formula is C25H22F3N5O2. The number of carbonyl (C=O) groups excluding carboxylic acids is 1. The van der Waals surface area contributed by atoms with Gasteiger partial charge in [0.15, 0.2) is 5.65 Å². The van der Waals surface area contributed by atoms with Gasteiger partial charge in [0.2, 0.25) is 0 Å². The molecule has 35 heavy (non-hydrogen) atoms. The van der Waals surface area contributed by atoms with E-state index in [1.54, 1.807) is 31.2 Å². The summed E-state index contributed by atoms with van der Waals surface area (Å²) in [5, 5.41) is 20.3. The molecule has 1 saturated heterocycles. The van der Waals surface area contributed by atoms with Gasteiger partial charge in [-0.1, -0.05) is 18.2 Å². The molecule has 0 aliphatic carbocycles. The number of rotatable bonds is 3. The van der Waals surface area contributed by atoms with E-state index in [1.807, 2.05) is 0 Å². The van der Waals surface area contributed by atoms with Crippen molar-refractivity contribution in [3.8, 4) is 17.0 Å². The first kappa shape index (κ1) is 22.9. The van der Waals surface area contributed by atoms with Gasteiger partial charge in [-0.15, -0.1) is 0 Å². The molecule has 1 unspecified atom stereocenters. The van der Waals surface area contributed by atoms with Crippen LogP contribution in [0.1, 0.15) is 33.2 Å². The van der Waals surface area contributed by atoms with E-state index in [2.05, 4.69) is 20.5 Å². The summed E-state index contributed by atoms with van der Waals surface area (Å²) in [5.74, 6) is -0.305. The van der Waals surface area contributed by atoms with Crippen LogP contribution in [0.5, 0.6) is 5.75 Å². The van der Waals surface area contributed by atoms with Crippen LogP contribution in [-0.2, 0) is 6.18 Å². The van der Waals surface area contributed by atoms with E-state index in [0.29, 0.717) is 40.1 Å². The van der Waals surface area contributed by atoms with Crippen LogP contribution in [0.15, 0.2) is 54.6 Å². The highest BCUT2D eigenvalue weighted by Crippen LogP contribution is 2.38. The van der Waals surface area contributed by atoms with E-state index in [4.69, 9.17) is 0 Å². The lowest BCUT2D eigenvalue weighted by molar-refractivity contribution is -0.138. The molecule has 0 saturated carbocycles. The lowest BCUT2D eigenvalue weighted by Crippen LogP contribution is -2.49. The Hall–Kier alpha value is -3.92. The number of pyridine rings is 1. The van der Waals surface area contributed by atoms with Crippen molar-refractivity contribution in [1.82, 2.24) is 25.4 Å². The number of piperazine rings is 1. The van der Waals surface area contributed by atoms with Crippen LogP contribution in [-0.4, -0.2) is 50.7 Å². The number of alkyl halides is 3. The predicted octanol–water partition coefficient (Wildman–Crippen LogP) is 4.44. The minimum Gasteiger partial charge on any atom is -0.508 e. The topological polar surface area (TPSA) is 94.1 Å². The van der Waals surface area contributed by atoms with Crippen molar-refractivity contribution < 1.29 is 23.1 Å². The predicted molar refractivity (Wildman–Crippen MR) is 124 cm³/mol. The molecule has 3 N–H and O–H groups in total. The largest absolute Gasteiger partial charge is 0.508 e. The average Bonchev–Trinajstić information content (AvgIpc) is 3.23. The van der Waals surface area contributed by atoms with Crippen LogP contribution in [0, 0.1) is 6.92 Å². The molecule has 3 heterocycles. The van der Waals surface area contributed by atoms with Crippen molar-refractivity contribution in [3.05, 3.63) is 77.0 Å². The summed E-state index contributed by atoms with van der Waals surface area (Å²) in [6.07, 6.45) is -4.54. The molecule has 1 aliphatic rings. The van der Waals surface area contributed by atoms with Crippen LogP contribution in [0.4, 0.5) is 13.2 Å². The lowest BCUT2D eigenvalue weighted by atomic mass is 9.95. The molecule has 7 nitrogen and oxygen atoms in total. The average molecular weight is 481 g/mol. The van der Waals surface area contributed by atoms with Crippen molar-refractivity contribution in [2.75, 3.05) is 19.6 Å². The fraction of sp³-hybridized carbons (Fsp3) is 0.240. The number of carbonyl (C=O) groups is 1. The van der Waals surface area contributed by atoms with E-state index in [9.17, 15) is 23.1 Å². The van der Waals surface area contributed by atoms with Crippen LogP contribution in [0.3, 0.4) is 0 Å². The van der Waals surface area contributed by atoms with Crippen LogP contribution < -0.4 is 5.32 Å². The number of amides is 1. The standard InChI is InChI=1S/C25H22F3N5O2/c1-14-22-18(12-20(30-23(22)32-31-14)15-6-8-16(34)9-7-15)24(35)33-11-10-29-13-21(33)17-4-2-3-5-19(17)25(26,27)28/h2-9,12,21,29,34H,10-11,13H2,1H3,(H,30,31,32). The summed E-state index contributed by atoms with van der Waals surface area (Å²) >= 11 is 0. The molecule has 1 amide bonds. The van der Waals surface area contributed by atoms with Gasteiger partial charge in [0.25, 0.3) is 5.91 Å². The Morgan fingerprint density at radius 2 is 1.89 bits per heavy atom. The zero-order chi connectivity index (χ0) is 24.7. The molecule has 1 fully saturated rings. The van der Waals surface area contributed by atoms with Crippen LogP contribution in [0.25, 0.3) is 22.3 Å². The van der Waals surface area contributed by atoms with Gasteiger partial charge < -0.3 is 15.3 Å². The normalized spacial score (nSPS) is 16.6. The Bertz CT molecular complexity index is 1400. The number of hydrogen-bond acceptors (Lipinski definition) is 5. The van der Waals surface area contributed by atoms with Gasteiger partial charge in [0, 0.05) is 25.2 Å². The van der Waals surface area contributed by atoms with Gasteiger partial charge in [0.05, 0.1) is 33.9 Å². The number of nitrogens with zero attached hydrogens (tertiary/aromatic N) is 3. The second kappa shape index (κ2) is 8.70. The summed E-state index contributed by atoms with van der Waals surface area (Å²) in [7, 11) is 0. The molecule has 10 heteroatoms. The number of H-pyrrole nitrogens is 1. The number of aromatic amines is 1. The van der Waals surface area contributed by atoms with Crippen LogP contribution >= 0.6 is 0 Å². The second-order valence-electron chi connectivity index (χ2n) is 8.44. The Labute approximate surface area is 198 Å². The fourth-order valence-electron chi connectivity index (χ4n) is 4.56. The smallest absolute Gasteiger partial charge is 0.416 e. The lowest BCUT2D eigenvalue weighted by Gasteiger charge is -2.37. The summed E-state index contributed by atoms with van der Waals surface area (Å²) in [4.78, 5) is 20.0.